The van der Waals surface area contributed by atoms with Gasteiger partial charge >= 0.3 is 0 Å². The van der Waals surface area contributed by atoms with Gasteiger partial charge in [-0.1, -0.05) is 61.8 Å². The van der Waals surface area contributed by atoms with Crippen molar-refractivity contribution in [3.63, 3.8) is 0 Å². The van der Waals surface area contributed by atoms with Crippen LogP contribution in [0.4, 0.5) is 0 Å². The molecule has 1 atom stereocenters. The number of nitrogens with zero attached hydrogens (tertiary/aromatic N) is 3. The second kappa shape index (κ2) is 7.58. The molecule has 0 aliphatic carbocycles. The standard InChI is InChI=1S/C18H26BrN3O/c1-6-11-22(13(2)14-9-7-8-10-15(14)19)12-16-20-21-17(23-16)18(3,4)5/h7-10,13H,6,11-12H2,1-5H3. The molecular weight excluding hydrogens is 354 g/mol. The third-order valence-corrected chi connectivity index (χ3v) is 4.58. The topological polar surface area (TPSA) is 42.2 Å². The van der Waals surface area contributed by atoms with Crippen LogP contribution in [0.5, 0.6) is 0 Å². The summed E-state index contributed by atoms with van der Waals surface area (Å²) in [5, 5.41) is 8.43. The summed E-state index contributed by atoms with van der Waals surface area (Å²) in [5.41, 5.74) is 1.16. The number of rotatable bonds is 6. The van der Waals surface area contributed by atoms with Crippen LogP contribution in [0.1, 0.15) is 64.4 Å². The molecule has 4 nitrogen and oxygen atoms in total. The molecule has 0 amide bonds. The lowest BCUT2D eigenvalue weighted by molar-refractivity contribution is 0.179. The first-order valence-electron chi connectivity index (χ1n) is 8.14. The molecular formula is C18H26BrN3O. The van der Waals surface area contributed by atoms with Crippen molar-refractivity contribution in [2.45, 2.75) is 59.0 Å². The average Bonchev–Trinajstić information content (AvgIpc) is 2.95. The van der Waals surface area contributed by atoms with Crippen molar-refractivity contribution in [1.29, 1.82) is 0 Å². The lowest BCUT2D eigenvalue weighted by Crippen LogP contribution is -2.28. The summed E-state index contributed by atoms with van der Waals surface area (Å²) in [6.07, 6.45) is 1.08. The van der Waals surface area contributed by atoms with Gasteiger partial charge in [-0.05, 0) is 31.5 Å². The molecule has 0 spiro atoms. The number of hydrogen-bond acceptors (Lipinski definition) is 4. The highest BCUT2D eigenvalue weighted by Crippen LogP contribution is 2.29. The van der Waals surface area contributed by atoms with Crippen LogP contribution in [-0.4, -0.2) is 21.6 Å². The van der Waals surface area contributed by atoms with E-state index in [1.54, 1.807) is 0 Å². The Morgan fingerprint density at radius 3 is 2.48 bits per heavy atom. The quantitative estimate of drug-likeness (QED) is 0.699. The Balaban J connectivity index is 2.18. The molecule has 126 valence electrons. The summed E-state index contributed by atoms with van der Waals surface area (Å²) in [7, 11) is 0. The van der Waals surface area contributed by atoms with Gasteiger partial charge in [0.25, 0.3) is 0 Å². The van der Waals surface area contributed by atoms with Crippen LogP contribution >= 0.6 is 15.9 Å². The van der Waals surface area contributed by atoms with Gasteiger partial charge in [-0.2, -0.15) is 0 Å². The van der Waals surface area contributed by atoms with Gasteiger partial charge in [-0.25, -0.2) is 0 Å². The largest absolute Gasteiger partial charge is 0.423 e. The van der Waals surface area contributed by atoms with Crippen LogP contribution in [-0.2, 0) is 12.0 Å². The fraction of sp³-hybridized carbons (Fsp3) is 0.556. The van der Waals surface area contributed by atoms with Gasteiger partial charge in [-0.3, -0.25) is 4.90 Å². The summed E-state index contributed by atoms with van der Waals surface area (Å²) < 4.78 is 7.00. The molecule has 2 rings (SSSR count). The van der Waals surface area contributed by atoms with Crippen molar-refractivity contribution < 1.29 is 4.42 Å². The Hall–Kier alpha value is -1.20. The Morgan fingerprint density at radius 1 is 1.22 bits per heavy atom. The van der Waals surface area contributed by atoms with Crippen LogP contribution in [0.3, 0.4) is 0 Å². The molecule has 1 aromatic heterocycles. The predicted molar refractivity (Wildman–Crippen MR) is 96.3 cm³/mol. The van der Waals surface area contributed by atoms with Crippen molar-refractivity contribution in [3.8, 4) is 0 Å². The van der Waals surface area contributed by atoms with E-state index >= 15 is 0 Å². The molecule has 0 bridgehead atoms. The summed E-state index contributed by atoms with van der Waals surface area (Å²) in [4.78, 5) is 2.38. The SMILES string of the molecule is CCCN(Cc1nnc(C(C)(C)C)o1)C(C)c1ccccc1Br. The molecule has 0 aliphatic rings. The van der Waals surface area contributed by atoms with Gasteiger partial charge in [0.1, 0.15) is 0 Å². The van der Waals surface area contributed by atoms with E-state index in [-0.39, 0.29) is 11.5 Å². The first kappa shape index (κ1) is 18.1. The molecule has 5 heteroatoms. The maximum atomic E-state index is 5.87. The zero-order valence-corrected chi connectivity index (χ0v) is 16.2. The molecule has 2 aromatic rings. The summed E-state index contributed by atoms with van der Waals surface area (Å²) in [6, 6.07) is 8.63. The molecule has 0 saturated carbocycles. The molecule has 23 heavy (non-hydrogen) atoms. The highest BCUT2D eigenvalue weighted by atomic mass is 79.9. The van der Waals surface area contributed by atoms with Gasteiger partial charge in [0, 0.05) is 15.9 Å². The Bertz CT molecular complexity index is 633. The van der Waals surface area contributed by atoms with Crippen LogP contribution in [0.2, 0.25) is 0 Å². The maximum Gasteiger partial charge on any atom is 0.230 e. The van der Waals surface area contributed by atoms with Crippen molar-refractivity contribution in [2.24, 2.45) is 0 Å². The van der Waals surface area contributed by atoms with Gasteiger partial charge in [0.2, 0.25) is 11.8 Å². The van der Waals surface area contributed by atoms with Gasteiger partial charge < -0.3 is 4.42 Å². The molecule has 1 heterocycles. The molecule has 1 aromatic carbocycles. The van der Waals surface area contributed by atoms with E-state index < -0.39 is 0 Å². The molecule has 0 fully saturated rings. The number of hydrogen-bond donors (Lipinski definition) is 0. The minimum atomic E-state index is -0.116. The zero-order valence-electron chi connectivity index (χ0n) is 14.6. The maximum absolute atomic E-state index is 5.87. The second-order valence-electron chi connectivity index (χ2n) is 6.92. The van der Waals surface area contributed by atoms with Crippen LogP contribution in [0, 0.1) is 0 Å². The normalized spacial score (nSPS) is 13.5. The Morgan fingerprint density at radius 2 is 1.91 bits per heavy atom. The predicted octanol–water partition coefficient (Wildman–Crippen LogP) is 5.10. The number of benzene rings is 1. The van der Waals surface area contributed by atoms with E-state index in [1.165, 1.54) is 5.56 Å². The number of halogens is 1. The lowest BCUT2D eigenvalue weighted by Gasteiger charge is -2.28. The number of aromatic nitrogens is 2. The van der Waals surface area contributed by atoms with Gasteiger partial charge in [-0.15, -0.1) is 10.2 Å². The minimum Gasteiger partial charge on any atom is -0.423 e. The second-order valence-corrected chi connectivity index (χ2v) is 7.77. The minimum absolute atomic E-state index is 0.116. The monoisotopic (exact) mass is 379 g/mol. The van der Waals surface area contributed by atoms with E-state index in [0.717, 1.165) is 17.4 Å². The molecule has 0 radical (unpaired) electrons. The van der Waals surface area contributed by atoms with Crippen molar-refractivity contribution in [1.82, 2.24) is 15.1 Å². The molecule has 0 saturated heterocycles. The third-order valence-electron chi connectivity index (χ3n) is 3.86. The molecule has 1 unspecified atom stereocenters. The summed E-state index contributed by atoms with van der Waals surface area (Å²) in [5.74, 6) is 1.37. The summed E-state index contributed by atoms with van der Waals surface area (Å²) >= 11 is 3.65. The van der Waals surface area contributed by atoms with E-state index in [2.05, 4.69) is 83.8 Å². The Kier molecular flexibility index (Phi) is 5.98. The van der Waals surface area contributed by atoms with E-state index in [0.29, 0.717) is 18.3 Å². The van der Waals surface area contributed by atoms with E-state index in [9.17, 15) is 0 Å². The fourth-order valence-corrected chi connectivity index (χ4v) is 3.12. The Labute approximate surface area is 147 Å². The molecule has 0 N–H and O–H groups in total. The van der Waals surface area contributed by atoms with Crippen molar-refractivity contribution in [3.05, 3.63) is 46.1 Å². The summed E-state index contributed by atoms with van der Waals surface area (Å²) in [6.45, 7) is 12.3. The first-order valence-corrected chi connectivity index (χ1v) is 8.93. The van der Waals surface area contributed by atoms with Crippen LogP contribution < -0.4 is 0 Å². The van der Waals surface area contributed by atoms with Crippen molar-refractivity contribution in [2.75, 3.05) is 6.54 Å². The zero-order chi connectivity index (χ0) is 17.0. The average molecular weight is 380 g/mol. The lowest BCUT2D eigenvalue weighted by atomic mass is 9.97. The van der Waals surface area contributed by atoms with Gasteiger partial charge in [0.05, 0.1) is 6.54 Å². The van der Waals surface area contributed by atoms with Crippen molar-refractivity contribution >= 4 is 15.9 Å². The highest BCUT2D eigenvalue weighted by molar-refractivity contribution is 9.10. The first-order chi connectivity index (χ1) is 10.8. The smallest absolute Gasteiger partial charge is 0.230 e. The third kappa shape index (κ3) is 4.64. The van der Waals surface area contributed by atoms with Crippen LogP contribution in [0.25, 0.3) is 0 Å². The highest BCUT2D eigenvalue weighted by Gasteiger charge is 2.24. The van der Waals surface area contributed by atoms with Crippen LogP contribution in [0.15, 0.2) is 33.2 Å². The fourth-order valence-electron chi connectivity index (χ4n) is 2.50. The van der Waals surface area contributed by atoms with E-state index in [1.807, 2.05) is 6.07 Å². The van der Waals surface area contributed by atoms with E-state index in [4.69, 9.17) is 4.42 Å². The molecule has 0 aliphatic heterocycles. The van der Waals surface area contributed by atoms with Gasteiger partial charge in [0.15, 0.2) is 0 Å².